The molecular formula is C12H17NO3S. The van der Waals surface area contributed by atoms with Gasteiger partial charge in [0, 0.05) is 11.9 Å². The lowest BCUT2D eigenvalue weighted by atomic mass is 9.90. The number of carboxylic acid groups (broad SMARTS) is 1. The summed E-state index contributed by atoms with van der Waals surface area (Å²) in [5.41, 5.74) is 0.810. The van der Waals surface area contributed by atoms with Crippen molar-refractivity contribution in [1.29, 1.82) is 0 Å². The van der Waals surface area contributed by atoms with Gasteiger partial charge in [0.15, 0.2) is 0 Å². The minimum atomic E-state index is -0.849. The third-order valence-corrected chi connectivity index (χ3v) is 3.58. The largest absolute Gasteiger partial charge is 0.481 e. The maximum atomic E-state index is 11.7. The highest BCUT2D eigenvalue weighted by Crippen LogP contribution is 2.19. The van der Waals surface area contributed by atoms with E-state index in [0.717, 1.165) is 5.56 Å². The van der Waals surface area contributed by atoms with Gasteiger partial charge in [-0.05, 0) is 38.1 Å². The normalized spacial score (nSPS) is 11.2. The van der Waals surface area contributed by atoms with Gasteiger partial charge in [-0.3, -0.25) is 9.59 Å². The molecule has 0 aliphatic rings. The van der Waals surface area contributed by atoms with Crippen LogP contribution in [0, 0.1) is 12.3 Å². The molecule has 1 amide bonds. The molecule has 0 aliphatic carbocycles. The number of rotatable bonds is 5. The quantitative estimate of drug-likeness (QED) is 0.848. The van der Waals surface area contributed by atoms with Crippen LogP contribution < -0.4 is 5.32 Å². The fraction of sp³-hybridized carbons (Fsp3) is 0.500. The van der Waals surface area contributed by atoms with Crippen molar-refractivity contribution >= 4 is 23.2 Å². The Bertz CT molecular complexity index is 423. The Kier molecular flexibility index (Phi) is 4.28. The van der Waals surface area contributed by atoms with Gasteiger partial charge < -0.3 is 10.4 Å². The second-order valence-electron chi connectivity index (χ2n) is 4.66. The highest BCUT2D eigenvalue weighted by Gasteiger charge is 2.26. The van der Waals surface area contributed by atoms with Crippen LogP contribution in [0.4, 0.5) is 0 Å². The van der Waals surface area contributed by atoms with Crippen molar-refractivity contribution in [3.05, 3.63) is 21.9 Å². The van der Waals surface area contributed by atoms with Crippen LogP contribution >= 0.6 is 11.3 Å². The van der Waals surface area contributed by atoms with Crippen molar-refractivity contribution < 1.29 is 14.7 Å². The number of carboxylic acids is 1. The molecule has 1 rings (SSSR count). The van der Waals surface area contributed by atoms with Gasteiger partial charge in [-0.2, -0.15) is 11.3 Å². The molecule has 1 aromatic rings. The molecule has 0 saturated heterocycles. The lowest BCUT2D eigenvalue weighted by molar-refractivity contribution is -0.147. The summed E-state index contributed by atoms with van der Waals surface area (Å²) in [7, 11) is 0. The van der Waals surface area contributed by atoms with Crippen LogP contribution in [0.15, 0.2) is 10.8 Å². The third kappa shape index (κ3) is 3.56. The van der Waals surface area contributed by atoms with Crippen LogP contribution in [-0.2, 0) is 4.79 Å². The number of carbonyl (C=O) groups is 2. The van der Waals surface area contributed by atoms with E-state index in [1.165, 1.54) is 11.3 Å². The average molecular weight is 255 g/mol. The molecule has 0 atom stereocenters. The third-order valence-electron chi connectivity index (χ3n) is 2.71. The van der Waals surface area contributed by atoms with E-state index in [2.05, 4.69) is 5.32 Å². The number of thiophene rings is 1. The van der Waals surface area contributed by atoms with Crippen LogP contribution in [0.25, 0.3) is 0 Å². The minimum absolute atomic E-state index is 0.134. The predicted molar refractivity (Wildman–Crippen MR) is 67.4 cm³/mol. The zero-order chi connectivity index (χ0) is 13.1. The Balaban J connectivity index is 2.46. The lowest BCUT2D eigenvalue weighted by Gasteiger charge is -2.18. The van der Waals surface area contributed by atoms with Gasteiger partial charge in [-0.15, -0.1) is 0 Å². The zero-order valence-electron chi connectivity index (χ0n) is 10.2. The van der Waals surface area contributed by atoms with E-state index in [0.29, 0.717) is 18.5 Å². The molecule has 5 heteroatoms. The Hall–Kier alpha value is -1.36. The van der Waals surface area contributed by atoms with E-state index in [9.17, 15) is 9.59 Å². The maximum absolute atomic E-state index is 11.7. The first-order chi connectivity index (χ1) is 7.84. The molecule has 0 aromatic carbocycles. The molecule has 0 saturated carbocycles. The number of carbonyl (C=O) groups excluding carboxylic acids is 1. The Morgan fingerprint density at radius 3 is 2.53 bits per heavy atom. The molecular weight excluding hydrogens is 238 g/mol. The topological polar surface area (TPSA) is 66.4 Å². The molecule has 0 unspecified atom stereocenters. The number of amides is 1. The number of hydrogen-bond donors (Lipinski definition) is 2. The Labute approximate surface area is 105 Å². The summed E-state index contributed by atoms with van der Waals surface area (Å²) in [5.74, 6) is -0.983. The maximum Gasteiger partial charge on any atom is 0.309 e. The molecule has 0 aliphatic heterocycles. The standard InChI is InChI=1S/C12H17NO3S/c1-8-6-17-7-9(8)10(14)13-5-4-12(2,3)11(15)16/h6-7H,4-5H2,1-3H3,(H,13,14)(H,15,16). The monoisotopic (exact) mass is 255 g/mol. The van der Waals surface area contributed by atoms with Gasteiger partial charge >= 0.3 is 5.97 Å². The number of nitrogens with one attached hydrogen (secondary N) is 1. The molecule has 0 bridgehead atoms. The highest BCUT2D eigenvalue weighted by atomic mass is 32.1. The van der Waals surface area contributed by atoms with Crippen molar-refractivity contribution in [2.45, 2.75) is 27.2 Å². The van der Waals surface area contributed by atoms with Crippen molar-refractivity contribution in [1.82, 2.24) is 5.32 Å². The van der Waals surface area contributed by atoms with Crippen LogP contribution in [0.2, 0.25) is 0 Å². The van der Waals surface area contributed by atoms with E-state index in [-0.39, 0.29) is 5.91 Å². The van der Waals surface area contributed by atoms with Gasteiger partial charge in [-0.1, -0.05) is 0 Å². The summed E-state index contributed by atoms with van der Waals surface area (Å²) in [6.07, 6.45) is 0.414. The van der Waals surface area contributed by atoms with E-state index in [4.69, 9.17) is 5.11 Å². The second-order valence-corrected chi connectivity index (χ2v) is 5.41. The van der Waals surface area contributed by atoms with Crippen LogP contribution in [0.1, 0.15) is 36.2 Å². The summed E-state index contributed by atoms with van der Waals surface area (Å²) in [6, 6.07) is 0. The van der Waals surface area contributed by atoms with Gasteiger partial charge in [0.1, 0.15) is 0 Å². The second kappa shape index (κ2) is 5.31. The molecule has 17 heavy (non-hydrogen) atoms. The molecule has 0 fully saturated rings. The number of aliphatic carboxylic acids is 1. The molecule has 1 aromatic heterocycles. The molecule has 1 heterocycles. The van der Waals surface area contributed by atoms with Crippen molar-refractivity contribution in [3.8, 4) is 0 Å². The minimum Gasteiger partial charge on any atom is -0.481 e. The fourth-order valence-corrected chi connectivity index (χ4v) is 2.11. The predicted octanol–water partition coefficient (Wildman–Crippen LogP) is 2.29. The van der Waals surface area contributed by atoms with Crippen LogP contribution in [0.5, 0.6) is 0 Å². The summed E-state index contributed by atoms with van der Waals surface area (Å²) in [5, 5.41) is 15.4. The van der Waals surface area contributed by atoms with Gasteiger partial charge in [-0.25, -0.2) is 0 Å². The van der Waals surface area contributed by atoms with Crippen molar-refractivity contribution in [2.24, 2.45) is 5.41 Å². The van der Waals surface area contributed by atoms with Gasteiger partial charge in [0.25, 0.3) is 5.91 Å². The Morgan fingerprint density at radius 2 is 2.06 bits per heavy atom. The molecule has 4 nitrogen and oxygen atoms in total. The highest BCUT2D eigenvalue weighted by molar-refractivity contribution is 7.08. The van der Waals surface area contributed by atoms with E-state index in [1.54, 1.807) is 19.2 Å². The average Bonchev–Trinajstić information content (AvgIpc) is 2.63. The molecule has 94 valence electrons. The first-order valence-electron chi connectivity index (χ1n) is 5.39. The summed E-state index contributed by atoms with van der Waals surface area (Å²) in [4.78, 5) is 22.6. The molecule has 0 spiro atoms. The Morgan fingerprint density at radius 1 is 1.41 bits per heavy atom. The lowest BCUT2D eigenvalue weighted by Crippen LogP contribution is -2.32. The fourth-order valence-electron chi connectivity index (χ4n) is 1.28. The summed E-state index contributed by atoms with van der Waals surface area (Å²) < 4.78 is 0. The zero-order valence-corrected chi connectivity index (χ0v) is 11.1. The SMILES string of the molecule is Cc1cscc1C(=O)NCCC(C)(C)C(=O)O. The summed E-state index contributed by atoms with van der Waals surface area (Å²) in [6.45, 7) is 5.55. The smallest absolute Gasteiger partial charge is 0.309 e. The number of hydrogen-bond acceptors (Lipinski definition) is 3. The van der Waals surface area contributed by atoms with E-state index in [1.807, 2.05) is 12.3 Å². The van der Waals surface area contributed by atoms with Crippen molar-refractivity contribution in [2.75, 3.05) is 6.54 Å². The van der Waals surface area contributed by atoms with Crippen molar-refractivity contribution in [3.63, 3.8) is 0 Å². The molecule has 2 N–H and O–H groups in total. The first-order valence-corrected chi connectivity index (χ1v) is 6.33. The molecule has 0 radical (unpaired) electrons. The first kappa shape index (κ1) is 13.7. The van der Waals surface area contributed by atoms with Crippen LogP contribution in [0.3, 0.4) is 0 Å². The van der Waals surface area contributed by atoms with Gasteiger partial charge in [0.05, 0.1) is 11.0 Å². The van der Waals surface area contributed by atoms with E-state index < -0.39 is 11.4 Å². The van der Waals surface area contributed by atoms with Crippen LogP contribution in [-0.4, -0.2) is 23.5 Å². The number of aryl methyl sites for hydroxylation is 1. The van der Waals surface area contributed by atoms with E-state index >= 15 is 0 Å². The van der Waals surface area contributed by atoms with Gasteiger partial charge in [0.2, 0.25) is 0 Å². The summed E-state index contributed by atoms with van der Waals surface area (Å²) >= 11 is 1.48.